The second kappa shape index (κ2) is 9.37. The minimum Gasteiger partial charge on any atom is -0.396 e. The summed E-state index contributed by atoms with van der Waals surface area (Å²) in [6, 6.07) is 7.54. The van der Waals surface area contributed by atoms with E-state index in [1.165, 1.54) is 0 Å². The number of nitrogens with zero attached hydrogens (tertiary/aromatic N) is 1. The van der Waals surface area contributed by atoms with Gasteiger partial charge in [-0.2, -0.15) is 0 Å². The van der Waals surface area contributed by atoms with Crippen LogP contribution in [0.4, 0.5) is 5.69 Å². The van der Waals surface area contributed by atoms with E-state index in [-0.39, 0.29) is 24.6 Å². The minimum atomic E-state index is -0.202. The second-order valence-electron chi connectivity index (χ2n) is 6.73. The third-order valence-electron chi connectivity index (χ3n) is 4.78. The van der Waals surface area contributed by atoms with Crippen molar-refractivity contribution < 1.29 is 9.90 Å². The number of carbonyl (C=O) groups is 1. The van der Waals surface area contributed by atoms with Crippen LogP contribution in [0.3, 0.4) is 0 Å². The molecule has 1 amide bonds. The van der Waals surface area contributed by atoms with Crippen molar-refractivity contribution in [2.24, 2.45) is 0 Å². The quantitative estimate of drug-likeness (QED) is 0.665. The molecule has 1 aromatic carbocycles. The number of aliphatic hydroxyl groups is 1. The van der Waals surface area contributed by atoms with Crippen molar-refractivity contribution >= 4 is 11.6 Å². The van der Waals surface area contributed by atoms with Crippen molar-refractivity contribution in [2.45, 2.75) is 40.7 Å². The second-order valence-corrected chi connectivity index (χ2v) is 6.73. The van der Waals surface area contributed by atoms with Crippen molar-refractivity contribution in [3.05, 3.63) is 62.6 Å². The molecule has 1 heterocycles. The number of aromatic nitrogens is 1. The van der Waals surface area contributed by atoms with E-state index in [0.717, 1.165) is 35.6 Å². The Hall–Kier alpha value is -2.60. The summed E-state index contributed by atoms with van der Waals surface area (Å²) < 4.78 is 0. The van der Waals surface area contributed by atoms with Crippen molar-refractivity contribution in [3.8, 4) is 0 Å². The van der Waals surface area contributed by atoms with Gasteiger partial charge >= 0.3 is 0 Å². The van der Waals surface area contributed by atoms with Gasteiger partial charge in [-0.3, -0.25) is 9.59 Å². The molecule has 0 saturated carbocycles. The SMILES string of the molecule is CCN(CCCO)c1cccc(C(=O)NCc2c(C)cc(C)[nH]c2=O)c1C. The number of aryl methyl sites for hydroxylation is 2. The summed E-state index contributed by atoms with van der Waals surface area (Å²) in [5.74, 6) is -0.202. The third kappa shape index (κ3) is 4.98. The summed E-state index contributed by atoms with van der Waals surface area (Å²) in [5, 5.41) is 12.0. The number of amides is 1. The van der Waals surface area contributed by atoms with E-state index in [0.29, 0.717) is 17.5 Å². The Morgan fingerprint density at radius 2 is 2.00 bits per heavy atom. The van der Waals surface area contributed by atoms with Crippen LogP contribution in [-0.4, -0.2) is 35.7 Å². The molecule has 0 unspecified atom stereocenters. The highest BCUT2D eigenvalue weighted by molar-refractivity contribution is 5.97. The average Bonchev–Trinajstić information content (AvgIpc) is 2.62. The van der Waals surface area contributed by atoms with E-state index in [4.69, 9.17) is 5.11 Å². The largest absolute Gasteiger partial charge is 0.396 e. The van der Waals surface area contributed by atoms with Crippen LogP contribution < -0.4 is 15.8 Å². The Morgan fingerprint density at radius 1 is 1.26 bits per heavy atom. The first-order valence-electron chi connectivity index (χ1n) is 9.32. The zero-order valence-corrected chi connectivity index (χ0v) is 16.6. The molecule has 2 rings (SSSR count). The Balaban J connectivity index is 2.20. The highest BCUT2D eigenvalue weighted by atomic mass is 16.3. The lowest BCUT2D eigenvalue weighted by Crippen LogP contribution is -2.29. The summed E-state index contributed by atoms with van der Waals surface area (Å²) >= 11 is 0. The molecule has 6 nitrogen and oxygen atoms in total. The summed E-state index contributed by atoms with van der Waals surface area (Å²) in [6.45, 7) is 9.54. The highest BCUT2D eigenvalue weighted by Gasteiger charge is 2.15. The zero-order chi connectivity index (χ0) is 20.0. The lowest BCUT2D eigenvalue weighted by atomic mass is 10.0. The summed E-state index contributed by atoms with van der Waals surface area (Å²) in [6.07, 6.45) is 0.680. The fourth-order valence-electron chi connectivity index (χ4n) is 3.29. The molecule has 0 saturated heterocycles. The molecule has 0 radical (unpaired) electrons. The van der Waals surface area contributed by atoms with E-state index >= 15 is 0 Å². The molecule has 6 heteroatoms. The molecule has 146 valence electrons. The normalized spacial score (nSPS) is 10.7. The first kappa shape index (κ1) is 20.7. The maximum Gasteiger partial charge on any atom is 0.253 e. The van der Waals surface area contributed by atoms with Gasteiger partial charge in [0.05, 0.1) is 0 Å². The van der Waals surface area contributed by atoms with Crippen molar-refractivity contribution in [2.75, 3.05) is 24.6 Å². The zero-order valence-electron chi connectivity index (χ0n) is 16.6. The molecule has 27 heavy (non-hydrogen) atoms. The van der Waals surface area contributed by atoms with Gasteiger partial charge in [0, 0.05) is 48.7 Å². The molecule has 0 fully saturated rings. The van der Waals surface area contributed by atoms with Crippen LogP contribution in [0.2, 0.25) is 0 Å². The molecule has 0 bridgehead atoms. The van der Waals surface area contributed by atoms with Crippen molar-refractivity contribution in [3.63, 3.8) is 0 Å². The number of aromatic amines is 1. The summed E-state index contributed by atoms with van der Waals surface area (Å²) in [7, 11) is 0. The predicted octanol–water partition coefficient (Wildman–Crippen LogP) is 2.44. The number of nitrogens with one attached hydrogen (secondary N) is 2. The third-order valence-corrected chi connectivity index (χ3v) is 4.78. The Morgan fingerprint density at radius 3 is 2.63 bits per heavy atom. The first-order valence-corrected chi connectivity index (χ1v) is 9.32. The molecule has 3 N–H and O–H groups in total. The van der Waals surface area contributed by atoms with E-state index in [2.05, 4.69) is 22.1 Å². The lowest BCUT2D eigenvalue weighted by molar-refractivity contribution is 0.0950. The standard InChI is InChI=1S/C21H29N3O3/c1-5-24(10-7-11-25)19-9-6-8-17(16(19)4)20(26)22-13-18-14(2)12-15(3)23-21(18)27/h6,8-9,12,25H,5,7,10-11,13H2,1-4H3,(H,22,26)(H,23,27). The molecule has 0 atom stereocenters. The van der Waals surface area contributed by atoms with Crippen LogP contribution in [-0.2, 0) is 6.54 Å². The van der Waals surface area contributed by atoms with Crippen LogP contribution in [0.5, 0.6) is 0 Å². The number of pyridine rings is 1. The number of H-pyrrole nitrogens is 1. The van der Waals surface area contributed by atoms with Crippen molar-refractivity contribution in [1.82, 2.24) is 10.3 Å². The molecule has 2 aromatic rings. The molecular weight excluding hydrogens is 342 g/mol. The molecule has 0 aliphatic heterocycles. The van der Waals surface area contributed by atoms with E-state index in [1.807, 2.05) is 39.0 Å². The lowest BCUT2D eigenvalue weighted by Gasteiger charge is -2.25. The predicted molar refractivity (Wildman–Crippen MR) is 108 cm³/mol. The van der Waals surface area contributed by atoms with Gasteiger partial charge in [-0.15, -0.1) is 0 Å². The molecule has 1 aromatic heterocycles. The maximum atomic E-state index is 12.7. The van der Waals surface area contributed by atoms with Crippen LogP contribution in [0.1, 0.15) is 46.1 Å². The molecular formula is C21H29N3O3. The Labute approximate surface area is 160 Å². The summed E-state index contributed by atoms with van der Waals surface area (Å²) in [5.41, 5.74) is 4.55. The monoisotopic (exact) mass is 371 g/mol. The van der Waals surface area contributed by atoms with Crippen LogP contribution in [0.15, 0.2) is 29.1 Å². The number of hydrogen-bond acceptors (Lipinski definition) is 4. The van der Waals surface area contributed by atoms with Crippen LogP contribution in [0.25, 0.3) is 0 Å². The smallest absolute Gasteiger partial charge is 0.253 e. The van der Waals surface area contributed by atoms with E-state index < -0.39 is 0 Å². The van der Waals surface area contributed by atoms with Gasteiger partial charge in [0.25, 0.3) is 11.5 Å². The van der Waals surface area contributed by atoms with Gasteiger partial charge in [-0.25, -0.2) is 0 Å². The van der Waals surface area contributed by atoms with Crippen LogP contribution in [0, 0.1) is 20.8 Å². The number of anilines is 1. The first-order chi connectivity index (χ1) is 12.9. The summed E-state index contributed by atoms with van der Waals surface area (Å²) in [4.78, 5) is 29.8. The number of benzene rings is 1. The topological polar surface area (TPSA) is 85.4 Å². The van der Waals surface area contributed by atoms with Gasteiger partial charge in [0.1, 0.15) is 0 Å². The average molecular weight is 371 g/mol. The van der Waals surface area contributed by atoms with Crippen LogP contribution >= 0.6 is 0 Å². The van der Waals surface area contributed by atoms with E-state index in [9.17, 15) is 9.59 Å². The van der Waals surface area contributed by atoms with Gasteiger partial charge in [-0.1, -0.05) is 6.07 Å². The minimum absolute atomic E-state index is 0.139. The van der Waals surface area contributed by atoms with E-state index in [1.54, 1.807) is 6.07 Å². The van der Waals surface area contributed by atoms with Gasteiger partial charge in [0.2, 0.25) is 0 Å². The Bertz CT molecular complexity index is 858. The number of aliphatic hydroxyl groups excluding tert-OH is 1. The van der Waals surface area contributed by atoms with Gasteiger partial charge in [0.15, 0.2) is 0 Å². The molecule has 0 aliphatic carbocycles. The van der Waals surface area contributed by atoms with Gasteiger partial charge < -0.3 is 20.3 Å². The molecule has 0 spiro atoms. The number of carbonyl (C=O) groups excluding carboxylic acids is 1. The number of rotatable bonds is 8. The van der Waals surface area contributed by atoms with Crippen molar-refractivity contribution in [1.29, 1.82) is 0 Å². The fourth-order valence-corrected chi connectivity index (χ4v) is 3.29. The highest BCUT2D eigenvalue weighted by Crippen LogP contribution is 2.23. The Kier molecular flexibility index (Phi) is 7.19. The fraction of sp³-hybridized carbons (Fsp3) is 0.429. The van der Waals surface area contributed by atoms with Gasteiger partial charge in [-0.05, 0) is 63.4 Å². The number of hydrogen-bond donors (Lipinski definition) is 3. The maximum absolute atomic E-state index is 12.7. The molecule has 0 aliphatic rings.